The summed E-state index contributed by atoms with van der Waals surface area (Å²) in [5.41, 5.74) is 1.46. The first-order valence-corrected chi connectivity index (χ1v) is 9.33. The third-order valence-electron chi connectivity index (χ3n) is 4.68. The zero-order valence-corrected chi connectivity index (χ0v) is 17.0. The molecule has 0 amide bonds. The molecule has 8 heteroatoms. The molecule has 0 fully saturated rings. The van der Waals surface area contributed by atoms with E-state index in [-0.39, 0.29) is 16.2 Å². The molecule has 0 unspecified atom stereocenters. The van der Waals surface area contributed by atoms with Crippen LogP contribution < -0.4 is 15.0 Å². The number of methoxy groups -OCH3 is 2. The van der Waals surface area contributed by atoms with Gasteiger partial charge in [-0.1, -0.05) is 25.1 Å². The van der Waals surface area contributed by atoms with Crippen LogP contribution in [-0.2, 0) is 9.53 Å². The van der Waals surface area contributed by atoms with Gasteiger partial charge in [-0.2, -0.15) is 0 Å². The Balaban J connectivity index is 2.24. The Labute approximate surface area is 172 Å². The number of para-hydroxylation sites is 2. The van der Waals surface area contributed by atoms with Gasteiger partial charge in [0.2, 0.25) is 0 Å². The topological polar surface area (TPSA) is 50.8 Å². The Hall–Kier alpha value is -3.00. The fourth-order valence-corrected chi connectivity index (χ4v) is 3.73. The highest BCUT2D eigenvalue weighted by atomic mass is 32.1. The van der Waals surface area contributed by atoms with E-state index in [1.807, 2.05) is 19.1 Å². The molecule has 1 aliphatic heterocycles. The van der Waals surface area contributed by atoms with E-state index < -0.39 is 23.6 Å². The molecule has 1 heterocycles. The van der Waals surface area contributed by atoms with Gasteiger partial charge < -0.3 is 14.8 Å². The summed E-state index contributed by atoms with van der Waals surface area (Å²) in [5, 5.41) is 3.26. The van der Waals surface area contributed by atoms with Crippen LogP contribution in [0.4, 0.5) is 14.5 Å². The van der Waals surface area contributed by atoms with Crippen LogP contribution >= 0.6 is 12.2 Å². The number of allylic oxidation sites excluding steroid dienone is 1. The Kier molecular flexibility index (Phi) is 6.12. The zero-order chi connectivity index (χ0) is 21.1. The third kappa shape index (κ3) is 3.80. The highest BCUT2D eigenvalue weighted by Gasteiger charge is 2.38. The van der Waals surface area contributed by atoms with Crippen LogP contribution in [0.3, 0.4) is 0 Å². The highest BCUT2D eigenvalue weighted by molar-refractivity contribution is 7.80. The summed E-state index contributed by atoms with van der Waals surface area (Å²) in [6.45, 7) is 1.85. The number of nitrogens with one attached hydrogen (secondary N) is 1. The number of ether oxygens (including phenoxy) is 2. The van der Waals surface area contributed by atoms with Gasteiger partial charge in [-0.15, -0.1) is 0 Å². The molecule has 0 saturated heterocycles. The number of carbonyl (C=O) groups excluding carboxylic acids is 1. The van der Waals surface area contributed by atoms with Crippen LogP contribution in [0.5, 0.6) is 5.75 Å². The van der Waals surface area contributed by atoms with Crippen LogP contribution in [0.1, 0.15) is 24.9 Å². The molecule has 0 bridgehead atoms. The molecule has 1 N–H and O–H groups in total. The number of thiocarbonyl (C=S) groups is 1. The Morgan fingerprint density at radius 2 is 1.93 bits per heavy atom. The number of hydrogen-bond acceptors (Lipinski definition) is 4. The minimum atomic E-state index is -0.920. The van der Waals surface area contributed by atoms with Gasteiger partial charge in [0.25, 0.3) is 0 Å². The normalized spacial score (nSPS) is 16.5. The van der Waals surface area contributed by atoms with Gasteiger partial charge >= 0.3 is 5.97 Å². The molecular weight excluding hydrogens is 398 g/mol. The van der Waals surface area contributed by atoms with Gasteiger partial charge in [-0.05, 0) is 36.8 Å². The molecule has 0 aliphatic carbocycles. The molecule has 0 saturated carbocycles. The third-order valence-corrected chi connectivity index (χ3v) is 4.98. The monoisotopic (exact) mass is 418 g/mol. The molecule has 3 rings (SSSR count). The number of hydrogen-bond donors (Lipinski definition) is 1. The fourth-order valence-electron chi connectivity index (χ4n) is 3.40. The first kappa shape index (κ1) is 20.7. The molecule has 2 aromatic carbocycles. The van der Waals surface area contributed by atoms with Crippen LogP contribution in [0.25, 0.3) is 0 Å². The van der Waals surface area contributed by atoms with Crippen molar-refractivity contribution in [2.24, 2.45) is 0 Å². The van der Waals surface area contributed by atoms with Gasteiger partial charge in [-0.3, -0.25) is 4.90 Å². The maximum atomic E-state index is 14.5. The van der Waals surface area contributed by atoms with Crippen molar-refractivity contribution in [3.8, 4) is 5.75 Å². The van der Waals surface area contributed by atoms with Crippen molar-refractivity contribution in [2.75, 3.05) is 19.1 Å². The van der Waals surface area contributed by atoms with E-state index in [1.54, 1.807) is 17.0 Å². The Morgan fingerprint density at radius 3 is 2.55 bits per heavy atom. The lowest BCUT2D eigenvalue weighted by molar-refractivity contribution is -0.136. The molecule has 5 nitrogen and oxygen atoms in total. The van der Waals surface area contributed by atoms with Crippen LogP contribution in [0.15, 0.2) is 53.7 Å². The fraction of sp³-hybridized carbons (Fsp3) is 0.238. The lowest BCUT2D eigenvalue weighted by atomic mass is 9.93. The molecule has 29 heavy (non-hydrogen) atoms. The van der Waals surface area contributed by atoms with Crippen molar-refractivity contribution in [3.63, 3.8) is 0 Å². The Morgan fingerprint density at radius 1 is 1.21 bits per heavy atom. The largest absolute Gasteiger partial charge is 0.495 e. The van der Waals surface area contributed by atoms with Crippen molar-refractivity contribution in [1.29, 1.82) is 0 Å². The second kappa shape index (κ2) is 8.57. The zero-order valence-electron chi connectivity index (χ0n) is 16.2. The van der Waals surface area contributed by atoms with Crippen molar-refractivity contribution < 1.29 is 23.0 Å². The van der Waals surface area contributed by atoms with E-state index in [0.717, 1.165) is 12.1 Å². The molecular formula is C21H20F2N2O3S. The molecule has 152 valence electrons. The summed E-state index contributed by atoms with van der Waals surface area (Å²) in [5.74, 6) is -1.57. The quantitative estimate of drug-likeness (QED) is 0.579. The molecule has 1 aliphatic rings. The molecule has 1 atom stereocenters. The molecule has 2 aromatic rings. The molecule has 0 radical (unpaired) electrons. The van der Waals surface area contributed by atoms with Gasteiger partial charge in [0.1, 0.15) is 17.4 Å². The standard InChI is InChI=1S/C21H20F2N2O3S/c1-4-15-18(20(26)28-3)19(13-10-9-12(22)11-14(13)23)24-21(29)25(15)16-7-5-6-8-17(16)27-2/h5-11,19H,4H2,1-3H3,(H,24,29)/t19-/m0/s1. The van der Waals surface area contributed by atoms with Crippen LogP contribution in [-0.4, -0.2) is 25.3 Å². The second-order valence-electron chi connectivity index (χ2n) is 6.26. The lowest BCUT2D eigenvalue weighted by Crippen LogP contribution is -2.48. The average Bonchev–Trinajstić information content (AvgIpc) is 2.72. The summed E-state index contributed by atoms with van der Waals surface area (Å²) >= 11 is 5.56. The van der Waals surface area contributed by atoms with E-state index in [0.29, 0.717) is 23.6 Å². The predicted octanol–water partition coefficient (Wildman–Crippen LogP) is 4.25. The summed E-state index contributed by atoms with van der Waals surface area (Å²) in [6.07, 6.45) is 0.406. The van der Waals surface area contributed by atoms with Crippen molar-refractivity contribution in [3.05, 3.63) is 70.9 Å². The second-order valence-corrected chi connectivity index (χ2v) is 6.65. The minimum Gasteiger partial charge on any atom is -0.495 e. The maximum absolute atomic E-state index is 14.5. The number of benzene rings is 2. The smallest absolute Gasteiger partial charge is 0.338 e. The van der Waals surface area contributed by atoms with Crippen LogP contribution in [0, 0.1) is 11.6 Å². The predicted molar refractivity (Wildman–Crippen MR) is 110 cm³/mol. The van der Waals surface area contributed by atoms with Gasteiger partial charge in [0, 0.05) is 17.3 Å². The number of halogens is 2. The summed E-state index contributed by atoms with van der Waals surface area (Å²) in [7, 11) is 2.79. The average molecular weight is 418 g/mol. The molecule has 0 spiro atoms. The van der Waals surface area contributed by atoms with E-state index in [2.05, 4.69) is 5.32 Å². The van der Waals surface area contributed by atoms with E-state index in [1.165, 1.54) is 20.3 Å². The van der Waals surface area contributed by atoms with E-state index in [9.17, 15) is 13.6 Å². The number of anilines is 1. The van der Waals surface area contributed by atoms with Crippen molar-refractivity contribution in [1.82, 2.24) is 5.32 Å². The first-order valence-electron chi connectivity index (χ1n) is 8.92. The van der Waals surface area contributed by atoms with E-state index in [4.69, 9.17) is 21.7 Å². The maximum Gasteiger partial charge on any atom is 0.338 e. The van der Waals surface area contributed by atoms with Gasteiger partial charge in [0.15, 0.2) is 5.11 Å². The highest BCUT2D eigenvalue weighted by Crippen LogP contribution is 2.39. The summed E-state index contributed by atoms with van der Waals surface area (Å²) < 4.78 is 38.4. The van der Waals surface area contributed by atoms with E-state index >= 15 is 0 Å². The SMILES string of the molecule is CCC1=C(C(=O)OC)[C@H](c2ccc(F)cc2F)NC(=S)N1c1ccccc1OC. The molecule has 0 aromatic heterocycles. The first-order chi connectivity index (χ1) is 13.9. The summed E-state index contributed by atoms with van der Waals surface area (Å²) in [6, 6.07) is 9.48. The van der Waals surface area contributed by atoms with Gasteiger partial charge in [-0.25, -0.2) is 13.6 Å². The number of nitrogens with zero attached hydrogens (tertiary/aromatic N) is 1. The van der Waals surface area contributed by atoms with Crippen molar-refractivity contribution in [2.45, 2.75) is 19.4 Å². The number of esters is 1. The number of carbonyl (C=O) groups is 1. The Bertz CT molecular complexity index is 994. The van der Waals surface area contributed by atoms with Crippen LogP contribution in [0.2, 0.25) is 0 Å². The summed E-state index contributed by atoms with van der Waals surface area (Å²) in [4.78, 5) is 14.4. The minimum absolute atomic E-state index is 0.0970. The van der Waals surface area contributed by atoms with Gasteiger partial charge in [0.05, 0.1) is 31.5 Å². The number of rotatable bonds is 5. The lowest BCUT2D eigenvalue weighted by Gasteiger charge is -2.38. The van der Waals surface area contributed by atoms with Crippen molar-refractivity contribution >= 4 is 29.0 Å².